The lowest BCUT2D eigenvalue weighted by Gasteiger charge is -2.30. The van der Waals surface area contributed by atoms with E-state index in [0.29, 0.717) is 12.2 Å². The van der Waals surface area contributed by atoms with Gasteiger partial charge in [0, 0.05) is 12.8 Å². The van der Waals surface area contributed by atoms with Gasteiger partial charge in [0.25, 0.3) is 0 Å². The van der Waals surface area contributed by atoms with Gasteiger partial charge in [0.05, 0.1) is 12.2 Å². The van der Waals surface area contributed by atoms with Gasteiger partial charge in [0.15, 0.2) is 5.79 Å². The van der Waals surface area contributed by atoms with Crippen molar-refractivity contribution in [1.29, 1.82) is 0 Å². The second-order valence-corrected chi connectivity index (χ2v) is 4.55. The Morgan fingerprint density at radius 2 is 1.62 bits per heavy atom. The lowest BCUT2D eigenvalue weighted by Crippen LogP contribution is -2.34. The molecule has 2 heteroatoms. The van der Waals surface area contributed by atoms with Crippen molar-refractivity contribution in [2.24, 2.45) is 0 Å². The van der Waals surface area contributed by atoms with Gasteiger partial charge < -0.3 is 9.47 Å². The van der Waals surface area contributed by atoms with Gasteiger partial charge in [0.1, 0.15) is 0 Å². The average Bonchev–Trinajstić information content (AvgIpc) is 2.30. The van der Waals surface area contributed by atoms with Gasteiger partial charge >= 0.3 is 0 Å². The van der Waals surface area contributed by atoms with Gasteiger partial charge in [-0.15, -0.1) is 0 Å². The minimum absolute atomic E-state index is 0.199. The lowest BCUT2D eigenvalue weighted by atomic mass is 10.1. The molecule has 3 atom stereocenters. The number of ether oxygens (including phenoxy) is 2. The fourth-order valence-electron chi connectivity index (χ4n) is 2.49. The van der Waals surface area contributed by atoms with Gasteiger partial charge in [-0.2, -0.15) is 0 Å². The standard InChI is InChI=1S/C11H20O2/c1-9-5-3-4-7-11(12-9)8-6-10(2)13-11/h9-10H,3-8H2,1-2H3/t9-,10-,11-/m0/s1. The van der Waals surface area contributed by atoms with Crippen LogP contribution in [0.25, 0.3) is 0 Å². The van der Waals surface area contributed by atoms with Crippen molar-refractivity contribution in [1.82, 2.24) is 0 Å². The van der Waals surface area contributed by atoms with Gasteiger partial charge in [-0.05, 0) is 33.1 Å². The zero-order chi connectivity index (χ0) is 9.31. The third-order valence-corrected chi connectivity index (χ3v) is 3.18. The van der Waals surface area contributed by atoms with Crippen LogP contribution in [0.5, 0.6) is 0 Å². The molecule has 0 unspecified atom stereocenters. The molecular weight excluding hydrogens is 164 g/mol. The summed E-state index contributed by atoms with van der Waals surface area (Å²) in [4.78, 5) is 0. The Kier molecular flexibility index (Phi) is 2.61. The van der Waals surface area contributed by atoms with Crippen LogP contribution in [0, 0.1) is 0 Å². The number of hydrogen-bond acceptors (Lipinski definition) is 2. The van der Waals surface area contributed by atoms with Crippen molar-refractivity contribution in [2.75, 3.05) is 0 Å². The summed E-state index contributed by atoms with van der Waals surface area (Å²) in [6.07, 6.45) is 7.88. The van der Waals surface area contributed by atoms with Crippen molar-refractivity contribution in [3.05, 3.63) is 0 Å². The normalized spacial score (nSPS) is 46.6. The fourth-order valence-corrected chi connectivity index (χ4v) is 2.49. The molecule has 2 aliphatic rings. The predicted molar refractivity (Wildman–Crippen MR) is 51.5 cm³/mol. The molecule has 0 aromatic carbocycles. The van der Waals surface area contributed by atoms with Crippen LogP contribution >= 0.6 is 0 Å². The third kappa shape index (κ3) is 2.05. The van der Waals surface area contributed by atoms with E-state index < -0.39 is 0 Å². The summed E-state index contributed by atoms with van der Waals surface area (Å²) >= 11 is 0. The van der Waals surface area contributed by atoms with Crippen LogP contribution in [0.4, 0.5) is 0 Å². The third-order valence-electron chi connectivity index (χ3n) is 3.18. The second kappa shape index (κ2) is 3.58. The Balaban J connectivity index is 2.03. The van der Waals surface area contributed by atoms with Crippen LogP contribution in [0.15, 0.2) is 0 Å². The Hall–Kier alpha value is -0.0800. The molecule has 0 N–H and O–H groups in total. The summed E-state index contributed by atoms with van der Waals surface area (Å²) in [7, 11) is 0. The van der Waals surface area contributed by atoms with Crippen LogP contribution < -0.4 is 0 Å². The van der Waals surface area contributed by atoms with Crippen molar-refractivity contribution in [3.63, 3.8) is 0 Å². The maximum Gasteiger partial charge on any atom is 0.169 e. The largest absolute Gasteiger partial charge is 0.347 e. The van der Waals surface area contributed by atoms with Crippen LogP contribution in [-0.2, 0) is 9.47 Å². The molecule has 0 radical (unpaired) electrons. The molecule has 2 nitrogen and oxygen atoms in total. The second-order valence-electron chi connectivity index (χ2n) is 4.55. The first-order valence-electron chi connectivity index (χ1n) is 5.56. The fraction of sp³-hybridized carbons (Fsp3) is 1.00. The monoisotopic (exact) mass is 184 g/mol. The zero-order valence-electron chi connectivity index (χ0n) is 8.71. The van der Waals surface area contributed by atoms with Crippen molar-refractivity contribution in [3.8, 4) is 0 Å². The van der Waals surface area contributed by atoms with Crippen LogP contribution in [0.1, 0.15) is 52.4 Å². The lowest BCUT2D eigenvalue weighted by molar-refractivity contribution is -0.242. The van der Waals surface area contributed by atoms with Crippen LogP contribution in [0.2, 0.25) is 0 Å². The molecule has 0 aliphatic carbocycles. The Labute approximate surface area is 80.6 Å². The first kappa shape index (κ1) is 9.47. The van der Waals surface area contributed by atoms with E-state index in [1.165, 1.54) is 19.3 Å². The van der Waals surface area contributed by atoms with Crippen LogP contribution in [-0.4, -0.2) is 18.0 Å². The molecule has 2 rings (SSSR count). The first-order chi connectivity index (χ1) is 6.20. The van der Waals surface area contributed by atoms with Gasteiger partial charge in [0.2, 0.25) is 0 Å². The molecule has 76 valence electrons. The molecule has 13 heavy (non-hydrogen) atoms. The van der Waals surface area contributed by atoms with E-state index in [2.05, 4.69) is 13.8 Å². The predicted octanol–water partition coefficient (Wildman–Crippen LogP) is 2.86. The summed E-state index contributed by atoms with van der Waals surface area (Å²) in [5.41, 5.74) is 0. The Bertz CT molecular complexity index is 181. The maximum absolute atomic E-state index is 6.01. The van der Waals surface area contributed by atoms with Gasteiger partial charge in [-0.1, -0.05) is 6.42 Å². The van der Waals surface area contributed by atoms with Gasteiger partial charge in [-0.3, -0.25) is 0 Å². The molecule has 2 fully saturated rings. The van der Waals surface area contributed by atoms with Gasteiger partial charge in [-0.25, -0.2) is 0 Å². The molecular formula is C11H20O2. The zero-order valence-corrected chi connectivity index (χ0v) is 8.71. The van der Waals surface area contributed by atoms with Crippen molar-refractivity contribution in [2.45, 2.75) is 70.4 Å². The molecule has 2 saturated heterocycles. The summed E-state index contributed by atoms with van der Waals surface area (Å²) < 4.78 is 11.9. The number of hydrogen-bond donors (Lipinski definition) is 0. The topological polar surface area (TPSA) is 18.5 Å². The van der Waals surface area contributed by atoms with Crippen LogP contribution in [0.3, 0.4) is 0 Å². The Morgan fingerprint density at radius 1 is 0.923 bits per heavy atom. The Morgan fingerprint density at radius 3 is 2.31 bits per heavy atom. The summed E-state index contributed by atoms with van der Waals surface area (Å²) in [6.45, 7) is 4.31. The minimum atomic E-state index is -0.199. The molecule has 0 aromatic rings. The maximum atomic E-state index is 6.01. The smallest absolute Gasteiger partial charge is 0.169 e. The summed E-state index contributed by atoms with van der Waals surface area (Å²) in [5.74, 6) is -0.199. The number of rotatable bonds is 0. The van der Waals surface area contributed by atoms with E-state index >= 15 is 0 Å². The molecule has 0 amide bonds. The highest BCUT2D eigenvalue weighted by Gasteiger charge is 2.41. The molecule has 0 saturated carbocycles. The van der Waals surface area contributed by atoms with E-state index in [0.717, 1.165) is 19.3 Å². The van der Waals surface area contributed by atoms with E-state index in [1.807, 2.05) is 0 Å². The van der Waals surface area contributed by atoms with E-state index in [1.54, 1.807) is 0 Å². The highest BCUT2D eigenvalue weighted by atomic mass is 16.7. The molecule has 2 aliphatic heterocycles. The highest BCUT2D eigenvalue weighted by Crippen LogP contribution is 2.39. The molecule has 0 bridgehead atoms. The average molecular weight is 184 g/mol. The molecule has 1 spiro atoms. The van der Waals surface area contributed by atoms with Crippen molar-refractivity contribution >= 4 is 0 Å². The van der Waals surface area contributed by atoms with E-state index in [-0.39, 0.29) is 5.79 Å². The van der Waals surface area contributed by atoms with Crippen molar-refractivity contribution < 1.29 is 9.47 Å². The summed E-state index contributed by atoms with van der Waals surface area (Å²) in [5, 5.41) is 0. The first-order valence-corrected chi connectivity index (χ1v) is 5.56. The quantitative estimate of drug-likeness (QED) is 0.576. The minimum Gasteiger partial charge on any atom is -0.347 e. The van der Waals surface area contributed by atoms with E-state index in [4.69, 9.17) is 9.47 Å². The summed E-state index contributed by atoms with van der Waals surface area (Å²) in [6, 6.07) is 0. The van der Waals surface area contributed by atoms with E-state index in [9.17, 15) is 0 Å². The molecule has 0 aromatic heterocycles. The molecule has 2 heterocycles. The SMILES string of the molecule is C[C@H]1CCCC[C@]2(CC[C@H](C)O2)O1. The highest BCUT2D eigenvalue weighted by molar-refractivity contribution is 4.82.